The molecule has 104 valence electrons. The van der Waals surface area contributed by atoms with Gasteiger partial charge in [0.2, 0.25) is 0 Å². The van der Waals surface area contributed by atoms with Crippen molar-refractivity contribution in [2.45, 2.75) is 19.8 Å². The van der Waals surface area contributed by atoms with E-state index in [0.717, 1.165) is 29.0 Å². The molecule has 2 nitrogen and oxygen atoms in total. The fraction of sp³-hybridized carbons (Fsp3) is 0.235. The van der Waals surface area contributed by atoms with E-state index in [0.29, 0.717) is 6.54 Å². The van der Waals surface area contributed by atoms with E-state index in [1.54, 1.807) is 0 Å². The van der Waals surface area contributed by atoms with E-state index in [9.17, 15) is 4.79 Å². The first kappa shape index (κ1) is 14.6. The van der Waals surface area contributed by atoms with Crippen LogP contribution in [0.5, 0.6) is 0 Å². The molecule has 20 heavy (non-hydrogen) atoms. The van der Waals surface area contributed by atoms with Crippen LogP contribution in [0.25, 0.3) is 0 Å². The van der Waals surface area contributed by atoms with Gasteiger partial charge in [0.15, 0.2) is 0 Å². The van der Waals surface area contributed by atoms with E-state index >= 15 is 0 Å². The number of carbonyl (C=O) groups is 1. The molecule has 1 amide bonds. The van der Waals surface area contributed by atoms with Gasteiger partial charge in [0.1, 0.15) is 0 Å². The van der Waals surface area contributed by atoms with Crippen molar-refractivity contribution in [3.8, 4) is 0 Å². The monoisotopic (exact) mass is 287 g/mol. The Bertz CT molecular complexity index is 595. The van der Waals surface area contributed by atoms with Crippen LogP contribution in [0, 0.1) is 0 Å². The first-order valence-corrected chi connectivity index (χ1v) is 7.18. The van der Waals surface area contributed by atoms with Gasteiger partial charge in [-0.25, -0.2) is 0 Å². The minimum atomic E-state index is -0.0256. The molecule has 0 heterocycles. The molecule has 2 aromatic carbocycles. The number of hydrogen-bond donors (Lipinski definition) is 1. The zero-order valence-electron chi connectivity index (χ0n) is 11.5. The summed E-state index contributed by atoms with van der Waals surface area (Å²) in [4.78, 5) is 12.0. The van der Waals surface area contributed by atoms with E-state index in [-0.39, 0.29) is 5.91 Å². The average molecular weight is 288 g/mol. The van der Waals surface area contributed by atoms with Crippen molar-refractivity contribution in [3.05, 3.63) is 70.2 Å². The van der Waals surface area contributed by atoms with E-state index < -0.39 is 0 Å². The molecule has 0 atom stereocenters. The van der Waals surface area contributed by atoms with E-state index in [1.165, 1.54) is 5.56 Å². The van der Waals surface area contributed by atoms with Crippen molar-refractivity contribution < 1.29 is 4.79 Å². The Morgan fingerprint density at radius 1 is 1.10 bits per heavy atom. The maximum absolute atomic E-state index is 12.0. The predicted molar refractivity (Wildman–Crippen MR) is 83.3 cm³/mol. The second-order valence-corrected chi connectivity index (χ2v) is 5.13. The molecular weight excluding hydrogens is 270 g/mol. The Labute approximate surface area is 124 Å². The van der Waals surface area contributed by atoms with Crippen LogP contribution in [0.1, 0.15) is 28.4 Å². The summed E-state index contributed by atoms with van der Waals surface area (Å²) < 4.78 is 0. The van der Waals surface area contributed by atoms with E-state index in [2.05, 4.69) is 12.2 Å². The molecule has 0 saturated carbocycles. The molecule has 0 aliphatic heterocycles. The maximum Gasteiger partial charge on any atom is 0.251 e. The van der Waals surface area contributed by atoms with Crippen molar-refractivity contribution >= 4 is 17.5 Å². The zero-order valence-corrected chi connectivity index (χ0v) is 12.3. The number of amides is 1. The average Bonchev–Trinajstić information content (AvgIpc) is 2.47. The van der Waals surface area contributed by atoms with Crippen molar-refractivity contribution in [2.75, 3.05) is 6.54 Å². The van der Waals surface area contributed by atoms with Gasteiger partial charge in [-0.1, -0.05) is 42.8 Å². The highest BCUT2D eigenvalue weighted by molar-refractivity contribution is 6.30. The first-order chi connectivity index (χ1) is 9.69. The highest BCUT2D eigenvalue weighted by atomic mass is 35.5. The Morgan fingerprint density at radius 2 is 1.85 bits per heavy atom. The molecule has 0 fully saturated rings. The predicted octanol–water partition coefficient (Wildman–Crippen LogP) is 3.87. The minimum Gasteiger partial charge on any atom is -0.352 e. The van der Waals surface area contributed by atoms with Gasteiger partial charge in [-0.05, 0) is 48.2 Å². The Kier molecular flexibility index (Phi) is 5.19. The number of benzene rings is 2. The third-order valence-corrected chi connectivity index (χ3v) is 3.42. The van der Waals surface area contributed by atoms with Crippen LogP contribution in [0.3, 0.4) is 0 Å². The van der Waals surface area contributed by atoms with Crippen LogP contribution in [0.2, 0.25) is 5.02 Å². The highest BCUT2D eigenvalue weighted by Gasteiger charge is 2.05. The summed E-state index contributed by atoms with van der Waals surface area (Å²) in [5, 5.41) is 3.66. The molecule has 0 aromatic heterocycles. The largest absolute Gasteiger partial charge is 0.352 e. The van der Waals surface area contributed by atoms with Gasteiger partial charge in [-0.3, -0.25) is 4.79 Å². The molecule has 0 radical (unpaired) electrons. The molecule has 0 spiro atoms. The van der Waals surface area contributed by atoms with E-state index in [4.69, 9.17) is 11.6 Å². The van der Waals surface area contributed by atoms with Gasteiger partial charge in [0.25, 0.3) is 5.91 Å². The maximum atomic E-state index is 12.0. The smallest absolute Gasteiger partial charge is 0.251 e. The molecule has 1 N–H and O–H groups in total. The minimum absolute atomic E-state index is 0.0256. The number of halogens is 1. The van der Waals surface area contributed by atoms with Crippen molar-refractivity contribution in [1.29, 1.82) is 0 Å². The summed E-state index contributed by atoms with van der Waals surface area (Å²) >= 11 is 5.93. The molecule has 2 rings (SSSR count). The lowest BCUT2D eigenvalue weighted by Gasteiger charge is -2.07. The van der Waals surface area contributed by atoms with Crippen molar-refractivity contribution in [3.63, 3.8) is 0 Å². The number of carbonyl (C=O) groups excluding carboxylic acids is 1. The van der Waals surface area contributed by atoms with Crippen molar-refractivity contribution in [1.82, 2.24) is 5.32 Å². The SMILES string of the molecule is CCc1cccc(C(=O)NCCc2cccc(Cl)c2)c1. The third kappa shape index (κ3) is 4.10. The number of hydrogen-bond acceptors (Lipinski definition) is 1. The van der Waals surface area contributed by atoms with Crippen LogP contribution in [-0.2, 0) is 12.8 Å². The van der Waals surface area contributed by atoms with Crippen LogP contribution in [-0.4, -0.2) is 12.5 Å². The Balaban J connectivity index is 1.89. The second kappa shape index (κ2) is 7.11. The summed E-state index contributed by atoms with van der Waals surface area (Å²) in [7, 11) is 0. The van der Waals surface area contributed by atoms with Crippen LogP contribution >= 0.6 is 11.6 Å². The quantitative estimate of drug-likeness (QED) is 0.888. The van der Waals surface area contributed by atoms with Crippen LogP contribution in [0.15, 0.2) is 48.5 Å². The van der Waals surface area contributed by atoms with Gasteiger partial charge in [-0.2, -0.15) is 0 Å². The lowest BCUT2D eigenvalue weighted by molar-refractivity contribution is 0.0954. The third-order valence-electron chi connectivity index (χ3n) is 3.19. The zero-order chi connectivity index (χ0) is 14.4. The second-order valence-electron chi connectivity index (χ2n) is 4.69. The molecule has 0 saturated heterocycles. The number of nitrogens with one attached hydrogen (secondary N) is 1. The van der Waals surface area contributed by atoms with Gasteiger partial charge in [-0.15, -0.1) is 0 Å². The topological polar surface area (TPSA) is 29.1 Å². The number of aryl methyl sites for hydroxylation is 1. The lowest BCUT2D eigenvalue weighted by atomic mass is 10.1. The molecule has 2 aromatic rings. The summed E-state index contributed by atoms with van der Waals surface area (Å²) in [5.74, 6) is -0.0256. The van der Waals surface area contributed by atoms with Crippen LogP contribution in [0.4, 0.5) is 0 Å². The Morgan fingerprint density at radius 3 is 2.60 bits per heavy atom. The summed E-state index contributed by atoms with van der Waals surface area (Å²) in [6.45, 7) is 2.69. The molecule has 0 aliphatic carbocycles. The van der Waals surface area contributed by atoms with Gasteiger partial charge < -0.3 is 5.32 Å². The van der Waals surface area contributed by atoms with Crippen molar-refractivity contribution in [2.24, 2.45) is 0 Å². The van der Waals surface area contributed by atoms with Gasteiger partial charge in [0.05, 0.1) is 0 Å². The standard InChI is InChI=1S/C17H18ClNO/c1-2-13-5-3-7-15(11-13)17(20)19-10-9-14-6-4-8-16(18)12-14/h3-8,11-12H,2,9-10H2,1H3,(H,19,20). The van der Waals surface area contributed by atoms with Crippen LogP contribution < -0.4 is 5.32 Å². The Hall–Kier alpha value is -1.80. The fourth-order valence-corrected chi connectivity index (χ4v) is 2.26. The normalized spacial score (nSPS) is 10.3. The summed E-state index contributed by atoms with van der Waals surface area (Å²) in [6, 6.07) is 15.4. The molecule has 3 heteroatoms. The number of rotatable bonds is 5. The molecule has 0 unspecified atom stereocenters. The fourth-order valence-electron chi connectivity index (χ4n) is 2.05. The van der Waals surface area contributed by atoms with Gasteiger partial charge >= 0.3 is 0 Å². The molecule has 0 aliphatic rings. The summed E-state index contributed by atoms with van der Waals surface area (Å²) in [5.41, 5.74) is 3.02. The summed E-state index contributed by atoms with van der Waals surface area (Å²) in [6.07, 6.45) is 1.71. The molecular formula is C17H18ClNO. The van der Waals surface area contributed by atoms with E-state index in [1.807, 2.05) is 48.5 Å². The lowest BCUT2D eigenvalue weighted by Crippen LogP contribution is -2.25. The first-order valence-electron chi connectivity index (χ1n) is 6.80. The molecule has 0 bridgehead atoms. The van der Waals surface area contributed by atoms with Gasteiger partial charge in [0, 0.05) is 17.1 Å². The highest BCUT2D eigenvalue weighted by Crippen LogP contribution is 2.11.